The van der Waals surface area contributed by atoms with Crippen LogP contribution >= 0.6 is 11.6 Å². The maximum Gasteiger partial charge on any atom is 0.337 e. The molecular formula is C12H17ClN2O2. The zero-order chi connectivity index (χ0) is 13.0. The van der Waals surface area contributed by atoms with E-state index >= 15 is 0 Å². The molecule has 0 saturated heterocycles. The number of hydrogen-bond acceptors (Lipinski definition) is 3. The van der Waals surface area contributed by atoms with Crippen molar-refractivity contribution in [3.63, 3.8) is 0 Å². The summed E-state index contributed by atoms with van der Waals surface area (Å²) in [7, 11) is 0. The van der Waals surface area contributed by atoms with Gasteiger partial charge >= 0.3 is 5.97 Å². The Bertz CT molecular complexity index is 407. The Hall–Kier alpha value is -1.29. The molecule has 0 bridgehead atoms. The number of anilines is 1. The molecular weight excluding hydrogens is 240 g/mol. The second-order valence-corrected chi connectivity index (χ2v) is 4.87. The van der Waals surface area contributed by atoms with Gasteiger partial charge < -0.3 is 10.4 Å². The molecule has 2 N–H and O–H groups in total. The summed E-state index contributed by atoms with van der Waals surface area (Å²) in [6.07, 6.45) is 1.30. The van der Waals surface area contributed by atoms with Crippen molar-refractivity contribution in [2.24, 2.45) is 11.8 Å². The predicted octanol–water partition coefficient (Wildman–Crippen LogP) is 3.14. The lowest BCUT2D eigenvalue weighted by molar-refractivity contribution is 0.0696. The van der Waals surface area contributed by atoms with Crippen LogP contribution in [0.5, 0.6) is 0 Å². The van der Waals surface area contributed by atoms with Gasteiger partial charge in [0.1, 0.15) is 5.82 Å². The van der Waals surface area contributed by atoms with Gasteiger partial charge in [-0.25, -0.2) is 9.78 Å². The summed E-state index contributed by atoms with van der Waals surface area (Å²) >= 11 is 5.95. The van der Waals surface area contributed by atoms with Crippen LogP contribution in [0.2, 0.25) is 5.02 Å². The van der Waals surface area contributed by atoms with Gasteiger partial charge in [0.2, 0.25) is 0 Å². The maximum absolute atomic E-state index is 10.7. The topological polar surface area (TPSA) is 62.2 Å². The molecule has 0 aromatic carbocycles. The smallest absolute Gasteiger partial charge is 0.337 e. The lowest BCUT2D eigenvalue weighted by Crippen LogP contribution is -2.17. The molecule has 0 aliphatic rings. The monoisotopic (exact) mass is 256 g/mol. The van der Waals surface area contributed by atoms with E-state index in [1.165, 1.54) is 12.3 Å². The van der Waals surface area contributed by atoms with E-state index in [9.17, 15) is 4.79 Å². The van der Waals surface area contributed by atoms with E-state index in [0.29, 0.717) is 22.7 Å². The number of hydrogen-bond donors (Lipinski definition) is 2. The van der Waals surface area contributed by atoms with Crippen LogP contribution in [0.1, 0.15) is 31.1 Å². The molecule has 0 radical (unpaired) electrons. The highest BCUT2D eigenvalue weighted by atomic mass is 35.5. The second-order valence-electron chi connectivity index (χ2n) is 4.46. The third kappa shape index (κ3) is 3.89. The number of nitrogens with zero attached hydrogens (tertiary/aromatic N) is 1. The van der Waals surface area contributed by atoms with E-state index in [1.807, 2.05) is 0 Å². The second kappa shape index (κ2) is 5.87. The highest BCUT2D eigenvalue weighted by molar-refractivity contribution is 6.33. The first-order chi connectivity index (χ1) is 7.91. The highest BCUT2D eigenvalue weighted by Gasteiger charge is 2.11. The zero-order valence-corrected chi connectivity index (χ0v) is 11.0. The molecule has 1 heterocycles. The van der Waals surface area contributed by atoms with Crippen molar-refractivity contribution in [3.05, 3.63) is 22.8 Å². The van der Waals surface area contributed by atoms with Gasteiger partial charge in [-0.2, -0.15) is 0 Å². The number of nitrogens with one attached hydrogen (secondary N) is 1. The number of rotatable bonds is 5. The molecule has 4 nitrogen and oxygen atoms in total. The average molecular weight is 257 g/mol. The van der Waals surface area contributed by atoms with Gasteiger partial charge in [-0.05, 0) is 17.9 Å². The molecule has 94 valence electrons. The minimum atomic E-state index is -1.03. The normalized spacial score (nSPS) is 12.5. The molecule has 0 aliphatic heterocycles. The Kier molecular flexibility index (Phi) is 4.75. The van der Waals surface area contributed by atoms with Crippen LogP contribution in [0.15, 0.2) is 12.3 Å². The molecule has 1 atom stereocenters. The summed E-state index contributed by atoms with van der Waals surface area (Å²) in [5, 5.41) is 12.2. The number of carboxylic acid groups (broad SMARTS) is 1. The summed E-state index contributed by atoms with van der Waals surface area (Å²) in [4.78, 5) is 14.7. The molecule has 17 heavy (non-hydrogen) atoms. The van der Waals surface area contributed by atoms with Gasteiger partial charge in [-0.15, -0.1) is 0 Å². The van der Waals surface area contributed by atoms with E-state index in [2.05, 4.69) is 31.1 Å². The van der Waals surface area contributed by atoms with Crippen molar-refractivity contribution < 1.29 is 9.90 Å². The summed E-state index contributed by atoms with van der Waals surface area (Å²) in [6, 6.07) is 1.40. The van der Waals surface area contributed by atoms with Crippen LogP contribution in [0, 0.1) is 11.8 Å². The lowest BCUT2D eigenvalue weighted by atomic mass is 9.98. The van der Waals surface area contributed by atoms with Crippen molar-refractivity contribution >= 4 is 23.4 Å². The highest BCUT2D eigenvalue weighted by Crippen LogP contribution is 2.21. The van der Waals surface area contributed by atoms with Gasteiger partial charge in [0, 0.05) is 12.7 Å². The van der Waals surface area contributed by atoms with Crippen molar-refractivity contribution in [1.82, 2.24) is 4.98 Å². The Labute approximate surface area is 106 Å². The van der Waals surface area contributed by atoms with Crippen molar-refractivity contribution in [2.75, 3.05) is 11.9 Å². The van der Waals surface area contributed by atoms with Crippen LogP contribution in [0.4, 0.5) is 5.82 Å². The van der Waals surface area contributed by atoms with Crippen molar-refractivity contribution in [1.29, 1.82) is 0 Å². The molecule has 1 rings (SSSR count). The molecule has 0 fully saturated rings. The first-order valence-corrected chi connectivity index (χ1v) is 5.92. The molecule has 1 unspecified atom stereocenters. The number of halogens is 1. The number of aromatic carboxylic acids is 1. The summed E-state index contributed by atoms with van der Waals surface area (Å²) in [5.41, 5.74) is 0.0949. The minimum Gasteiger partial charge on any atom is -0.478 e. The number of aromatic nitrogens is 1. The van der Waals surface area contributed by atoms with Gasteiger partial charge in [-0.1, -0.05) is 32.4 Å². The largest absolute Gasteiger partial charge is 0.478 e. The molecule has 5 heteroatoms. The van der Waals surface area contributed by atoms with Crippen LogP contribution < -0.4 is 5.32 Å². The van der Waals surface area contributed by atoms with E-state index < -0.39 is 5.97 Å². The fraction of sp³-hybridized carbons (Fsp3) is 0.500. The van der Waals surface area contributed by atoms with E-state index in [-0.39, 0.29) is 5.56 Å². The fourth-order valence-corrected chi connectivity index (χ4v) is 1.41. The standard InChI is InChI=1S/C12H17ClN2O2/c1-7(2)8(3)5-14-11-10(13)4-9(6-15-11)12(16)17/h4,6-8H,5H2,1-3H3,(H,14,15)(H,16,17). The summed E-state index contributed by atoms with van der Waals surface area (Å²) < 4.78 is 0. The third-order valence-electron chi connectivity index (χ3n) is 2.82. The number of pyridine rings is 1. The quantitative estimate of drug-likeness (QED) is 0.850. The fourth-order valence-electron chi connectivity index (χ4n) is 1.18. The van der Waals surface area contributed by atoms with Gasteiger partial charge in [-0.3, -0.25) is 0 Å². The van der Waals surface area contributed by atoms with Crippen molar-refractivity contribution in [2.45, 2.75) is 20.8 Å². The minimum absolute atomic E-state index is 0.0949. The van der Waals surface area contributed by atoms with Gasteiger partial charge in [0.25, 0.3) is 0 Å². The van der Waals surface area contributed by atoms with E-state index in [0.717, 1.165) is 6.54 Å². The average Bonchev–Trinajstić information content (AvgIpc) is 2.26. The Morgan fingerprint density at radius 1 is 1.53 bits per heavy atom. The first-order valence-electron chi connectivity index (χ1n) is 5.54. The molecule has 0 amide bonds. The van der Waals surface area contributed by atoms with E-state index in [1.54, 1.807) is 0 Å². The maximum atomic E-state index is 10.7. The van der Waals surface area contributed by atoms with Crippen molar-refractivity contribution in [3.8, 4) is 0 Å². The Morgan fingerprint density at radius 3 is 2.65 bits per heavy atom. The van der Waals surface area contributed by atoms with Crippen LogP contribution in [-0.4, -0.2) is 22.6 Å². The first kappa shape index (κ1) is 13.8. The van der Waals surface area contributed by atoms with Gasteiger partial charge in [0.05, 0.1) is 10.6 Å². The lowest BCUT2D eigenvalue weighted by Gasteiger charge is -2.17. The molecule has 0 aliphatic carbocycles. The number of carboxylic acids is 1. The Morgan fingerprint density at radius 2 is 2.18 bits per heavy atom. The SMILES string of the molecule is CC(C)C(C)CNc1ncc(C(=O)O)cc1Cl. The van der Waals surface area contributed by atoms with E-state index in [4.69, 9.17) is 16.7 Å². The molecule has 0 saturated carbocycles. The summed E-state index contributed by atoms with van der Waals surface area (Å²) in [5.74, 6) is 0.567. The third-order valence-corrected chi connectivity index (χ3v) is 3.11. The molecule has 1 aromatic heterocycles. The zero-order valence-electron chi connectivity index (χ0n) is 10.2. The van der Waals surface area contributed by atoms with Crippen LogP contribution in [0.25, 0.3) is 0 Å². The predicted molar refractivity (Wildman–Crippen MR) is 68.7 cm³/mol. The molecule has 0 spiro atoms. The van der Waals surface area contributed by atoms with Gasteiger partial charge in [0.15, 0.2) is 0 Å². The molecule has 1 aromatic rings. The number of carbonyl (C=O) groups is 1. The Balaban J connectivity index is 2.70. The summed E-state index contributed by atoms with van der Waals surface area (Å²) in [6.45, 7) is 7.19. The van der Waals surface area contributed by atoms with Crippen LogP contribution in [-0.2, 0) is 0 Å². The van der Waals surface area contributed by atoms with Crippen LogP contribution in [0.3, 0.4) is 0 Å².